The summed E-state index contributed by atoms with van der Waals surface area (Å²) in [6.07, 6.45) is -7.15. The van der Waals surface area contributed by atoms with Crippen LogP contribution in [0.4, 0.5) is 39.5 Å². The zero-order valence-corrected chi connectivity index (χ0v) is 17.2. The molecule has 2 aromatic carbocycles. The van der Waals surface area contributed by atoms with Crippen molar-refractivity contribution < 1.29 is 50.4 Å². The molecule has 0 radical (unpaired) electrons. The third-order valence-electron chi connectivity index (χ3n) is 3.44. The Kier molecular flexibility index (Phi) is 6.74. The van der Waals surface area contributed by atoms with Crippen LogP contribution in [0.2, 0.25) is 0 Å². The molecule has 168 valence electrons. The van der Waals surface area contributed by atoms with Crippen molar-refractivity contribution in [3.8, 4) is 0 Å². The van der Waals surface area contributed by atoms with E-state index in [0.717, 1.165) is 0 Å². The van der Waals surface area contributed by atoms with Crippen LogP contribution in [0.25, 0.3) is 0 Å². The molecule has 0 aliphatic heterocycles. The number of alkyl halides is 9. The first-order valence-electron chi connectivity index (χ1n) is 7.51. The summed E-state index contributed by atoms with van der Waals surface area (Å²) in [5.74, 6) is -14.7. The first-order chi connectivity index (χ1) is 13.6. The second-order valence-corrected chi connectivity index (χ2v) is 12.1. The second-order valence-electron chi connectivity index (χ2n) is 5.52. The van der Waals surface area contributed by atoms with Crippen molar-refractivity contribution in [1.82, 2.24) is 0 Å². The van der Waals surface area contributed by atoms with E-state index in [1.165, 1.54) is 60.7 Å². The molecule has 0 spiro atoms. The minimum atomic E-state index is -7.35. The van der Waals surface area contributed by atoms with E-state index in [1.54, 1.807) is 0 Å². The van der Waals surface area contributed by atoms with Gasteiger partial charge in [0.05, 0.1) is 0 Å². The van der Waals surface area contributed by atoms with Gasteiger partial charge in [0.1, 0.15) is 0 Å². The third kappa shape index (κ3) is 4.26. The van der Waals surface area contributed by atoms with Gasteiger partial charge in [-0.15, -0.1) is 0 Å². The Morgan fingerprint density at radius 1 is 0.633 bits per heavy atom. The molecule has 0 aliphatic rings. The van der Waals surface area contributed by atoms with Crippen LogP contribution in [0.5, 0.6) is 0 Å². The van der Waals surface area contributed by atoms with Gasteiger partial charge in [-0.05, 0) is 0 Å². The number of hydrogen-bond acceptors (Lipinski definition) is 3. The molecular weight excluding hydrogens is 570 g/mol. The molecule has 0 amide bonds. The van der Waals surface area contributed by atoms with E-state index in [4.69, 9.17) is 0 Å². The zero-order chi connectivity index (χ0) is 23.0. The van der Waals surface area contributed by atoms with Gasteiger partial charge < -0.3 is 0 Å². The second kappa shape index (κ2) is 8.18. The van der Waals surface area contributed by atoms with Gasteiger partial charge in [-0.1, -0.05) is 0 Å². The molecule has 0 unspecified atom stereocenters. The van der Waals surface area contributed by atoms with Crippen molar-refractivity contribution in [2.24, 2.45) is 0 Å². The average Bonchev–Trinajstić information content (AvgIpc) is 2.66. The van der Waals surface area contributed by atoms with E-state index < -0.39 is 53.6 Å². The number of halogens is 10. The summed E-state index contributed by atoms with van der Waals surface area (Å²) in [7, 11) is -6.95. The van der Waals surface area contributed by atoms with Crippen LogP contribution in [0.15, 0.2) is 60.7 Å². The van der Waals surface area contributed by atoms with Crippen LogP contribution in [0, 0.1) is 7.14 Å². The van der Waals surface area contributed by atoms with Crippen molar-refractivity contribution >= 4 is 30.4 Å². The molecular formula is C16H10F9IO3S. The van der Waals surface area contributed by atoms with E-state index >= 15 is 0 Å². The Balaban J connectivity index is 2.55. The van der Waals surface area contributed by atoms with Gasteiger partial charge in [0.15, 0.2) is 0 Å². The summed E-state index contributed by atoms with van der Waals surface area (Å²) >= 11 is -3.99. The normalized spacial score (nSPS) is 14.5. The first kappa shape index (κ1) is 24.7. The van der Waals surface area contributed by atoms with Gasteiger partial charge in [0.25, 0.3) is 0 Å². The Hall–Kier alpha value is -1.55. The molecule has 0 N–H and O–H groups in total. The molecule has 30 heavy (non-hydrogen) atoms. The molecule has 2 rings (SSSR count). The van der Waals surface area contributed by atoms with Crippen molar-refractivity contribution in [3.05, 3.63) is 67.8 Å². The van der Waals surface area contributed by atoms with Crippen LogP contribution < -0.4 is 0 Å². The van der Waals surface area contributed by atoms with E-state index in [1.807, 2.05) is 0 Å². The van der Waals surface area contributed by atoms with Crippen molar-refractivity contribution in [3.63, 3.8) is 0 Å². The van der Waals surface area contributed by atoms with Gasteiger partial charge in [0, 0.05) is 0 Å². The van der Waals surface area contributed by atoms with Crippen LogP contribution in [-0.4, -0.2) is 31.7 Å². The van der Waals surface area contributed by atoms with Gasteiger partial charge in [-0.3, -0.25) is 0 Å². The molecule has 0 bridgehead atoms. The summed E-state index contributed by atoms with van der Waals surface area (Å²) in [5, 5.41) is -6.89. The Bertz CT molecular complexity index is 925. The molecule has 0 aliphatic carbocycles. The Morgan fingerprint density at radius 2 is 1.00 bits per heavy atom. The van der Waals surface area contributed by atoms with E-state index in [9.17, 15) is 47.9 Å². The summed E-state index contributed by atoms with van der Waals surface area (Å²) in [5.41, 5.74) is 0. The topological polar surface area (TPSA) is 43.4 Å². The maximum atomic E-state index is 14.0. The zero-order valence-electron chi connectivity index (χ0n) is 14.2. The average molecular weight is 580 g/mol. The van der Waals surface area contributed by atoms with E-state index in [2.05, 4.69) is 2.51 Å². The van der Waals surface area contributed by atoms with Crippen LogP contribution in [-0.2, 0) is 12.6 Å². The van der Waals surface area contributed by atoms with Gasteiger partial charge in [0.2, 0.25) is 0 Å². The third-order valence-corrected chi connectivity index (χ3v) is 10.8. The van der Waals surface area contributed by atoms with Gasteiger partial charge in [-0.2, -0.15) is 0 Å². The van der Waals surface area contributed by atoms with E-state index in [0.29, 0.717) is 0 Å². The first-order valence-corrected chi connectivity index (χ1v) is 12.0. The molecule has 14 heteroatoms. The van der Waals surface area contributed by atoms with Crippen LogP contribution >= 0.6 is 20.2 Å². The number of benzene rings is 2. The van der Waals surface area contributed by atoms with Crippen molar-refractivity contribution in [2.45, 2.75) is 23.3 Å². The van der Waals surface area contributed by atoms with Crippen molar-refractivity contribution in [1.29, 1.82) is 0 Å². The molecule has 2 aromatic rings. The summed E-state index contributed by atoms with van der Waals surface area (Å²) in [4.78, 5) is 0. The minimum absolute atomic E-state index is 0.0156. The monoisotopic (exact) mass is 580 g/mol. The maximum absolute atomic E-state index is 14.0. The summed E-state index contributed by atoms with van der Waals surface area (Å²) in [6.45, 7) is 0. The Labute approximate surface area is 171 Å². The van der Waals surface area contributed by atoms with Gasteiger partial charge in [-0.25, -0.2) is 0 Å². The Morgan fingerprint density at radius 3 is 1.33 bits per heavy atom. The SMILES string of the molecule is O=S(=O)(OI(c1ccccc1)c1ccccc1)C(F)(F)C(F)(F)C(F)(F)C(F)(F)F. The molecule has 0 atom stereocenters. The molecule has 0 saturated heterocycles. The molecule has 0 saturated carbocycles. The molecule has 0 aromatic heterocycles. The fraction of sp³-hybridized carbons (Fsp3) is 0.250. The molecule has 3 nitrogen and oxygen atoms in total. The van der Waals surface area contributed by atoms with Gasteiger partial charge >= 0.3 is 172 Å². The predicted octanol–water partition coefficient (Wildman–Crippen LogP) is 5.92. The molecule has 0 heterocycles. The quantitative estimate of drug-likeness (QED) is 0.302. The number of hydrogen-bond donors (Lipinski definition) is 0. The fourth-order valence-electron chi connectivity index (χ4n) is 1.90. The van der Waals surface area contributed by atoms with E-state index in [-0.39, 0.29) is 7.14 Å². The number of rotatable bonds is 7. The predicted molar refractivity (Wildman–Crippen MR) is 95.2 cm³/mol. The molecule has 0 fully saturated rings. The van der Waals surface area contributed by atoms with Crippen LogP contribution in [0.3, 0.4) is 0 Å². The van der Waals surface area contributed by atoms with Crippen LogP contribution in [0.1, 0.15) is 0 Å². The summed E-state index contributed by atoms with van der Waals surface area (Å²) in [6, 6.07) is 13.1. The standard InChI is InChI=1S/C16H10F9IO3S/c17-13(18,15(21,22)23)14(19,20)16(24,25)30(27,28)29-26(11-7-3-1-4-8-11)12-9-5-2-6-10-12/h1-10H. The fourth-order valence-corrected chi connectivity index (χ4v) is 8.93. The van der Waals surface area contributed by atoms with Crippen molar-refractivity contribution in [2.75, 3.05) is 0 Å². The summed E-state index contributed by atoms with van der Waals surface area (Å²) < 4.78 is 146.